The van der Waals surface area contributed by atoms with E-state index in [1.54, 1.807) is 4.90 Å². The van der Waals surface area contributed by atoms with E-state index in [-0.39, 0.29) is 11.9 Å². The molecule has 2 unspecified atom stereocenters. The Morgan fingerprint density at radius 1 is 1.62 bits per heavy atom. The van der Waals surface area contributed by atoms with Crippen LogP contribution in [0.3, 0.4) is 0 Å². The molecule has 0 spiro atoms. The van der Waals surface area contributed by atoms with Gasteiger partial charge in [0.1, 0.15) is 0 Å². The lowest BCUT2D eigenvalue weighted by Gasteiger charge is -2.30. The van der Waals surface area contributed by atoms with Crippen LogP contribution in [0.5, 0.6) is 0 Å². The Hall–Kier alpha value is -1.12. The Kier molecular flexibility index (Phi) is 3.42. The van der Waals surface area contributed by atoms with E-state index in [1.807, 2.05) is 6.07 Å². The summed E-state index contributed by atoms with van der Waals surface area (Å²) in [4.78, 5) is 13.6. The molecule has 1 saturated heterocycles. The molecule has 2 fully saturated rings. The Labute approximate surface area is 95.1 Å². The van der Waals surface area contributed by atoms with Crippen LogP contribution in [0.1, 0.15) is 19.3 Å². The first-order valence-corrected chi connectivity index (χ1v) is 5.75. The summed E-state index contributed by atoms with van der Waals surface area (Å²) in [7, 11) is 0. The van der Waals surface area contributed by atoms with E-state index in [9.17, 15) is 4.79 Å². The molecule has 88 valence electrons. The van der Waals surface area contributed by atoms with E-state index >= 15 is 0 Å². The molecule has 2 rings (SSSR count). The molecule has 2 aliphatic rings. The molecule has 0 bridgehead atoms. The van der Waals surface area contributed by atoms with Gasteiger partial charge in [-0.1, -0.05) is 0 Å². The summed E-state index contributed by atoms with van der Waals surface area (Å²) in [5, 5.41) is 8.73. The molecule has 0 aromatic rings. The van der Waals surface area contributed by atoms with E-state index in [0.717, 1.165) is 12.8 Å². The predicted molar refractivity (Wildman–Crippen MR) is 57.2 cm³/mol. The van der Waals surface area contributed by atoms with Crippen molar-refractivity contribution in [3.8, 4) is 6.07 Å². The molecular formula is C11H17N3O2. The summed E-state index contributed by atoms with van der Waals surface area (Å²) in [6.45, 7) is 1.41. The molecule has 1 aliphatic carbocycles. The fourth-order valence-electron chi connectivity index (χ4n) is 1.98. The zero-order valence-electron chi connectivity index (χ0n) is 9.26. The lowest BCUT2D eigenvalue weighted by Crippen LogP contribution is -2.46. The Balaban J connectivity index is 1.81. The van der Waals surface area contributed by atoms with E-state index < -0.39 is 6.10 Å². The first kappa shape index (κ1) is 11.4. The Bertz CT molecular complexity index is 309. The van der Waals surface area contributed by atoms with Gasteiger partial charge in [-0.25, -0.2) is 0 Å². The highest BCUT2D eigenvalue weighted by molar-refractivity contribution is 5.77. The lowest BCUT2D eigenvalue weighted by molar-refractivity contribution is -0.137. The van der Waals surface area contributed by atoms with E-state index in [0.29, 0.717) is 32.0 Å². The van der Waals surface area contributed by atoms with Crippen LogP contribution in [-0.4, -0.2) is 42.6 Å². The van der Waals surface area contributed by atoms with Gasteiger partial charge in [0.15, 0.2) is 6.10 Å². The number of carbonyl (C=O) groups is 1. The second kappa shape index (κ2) is 4.81. The number of rotatable bonds is 3. The standard InChI is InChI=1S/C11H17N3O2/c12-6-9-7-14(3-4-16-9)11(15)5-10(13)8-1-2-8/h8-10H,1-5,7,13H2. The van der Waals surface area contributed by atoms with E-state index in [2.05, 4.69) is 0 Å². The van der Waals surface area contributed by atoms with Gasteiger partial charge in [0.25, 0.3) is 0 Å². The zero-order valence-corrected chi connectivity index (χ0v) is 9.26. The van der Waals surface area contributed by atoms with Crippen LogP contribution in [0.15, 0.2) is 0 Å². The van der Waals surface area contributed by atoms with Gasteiger partial charge in [-0.2, -0.15) is 5.26 Å². The first-order chi connectivity index (χ1) is 7.70. The smallest absolute Gasteiger partial charge is 0.224 e. The van der Waals surface area contributed by atoms with Crippen molar-refractivity contribution in [1.29, 1.82) is 5.26 Å². The van der Waals surface area contributed by atoms with Crippen LogP contribution < -0.4 is 5.73 Å². The molecular weight excluding hydrogens is 206 g/mol. The quantitative estimate of drug-likeness (QED) is 0.722. The average Bonchev–Trinajstić information content (AvgIpc) is 3.13. The van der Waals surface area contributed by atoms with Crippen molar-refractivity contribution >= 4 is 5.91 Å². The number of ether oxygens (including phenoxy) is 1. The third kappa shape index (κ3) is 2.71. The van der Waals surface area contributed by atoms with Crippen LogP contribution in [0.25, 0.3) is 0 Å². The zero-order chi connectivity index (χ0) is 11.5. The topological polar surface area (TPSA) is 79.4 Å². The van der Waals surface area contributed by atoms with Gasteiger partial charge in [-0.3, -0.25) is 4.79 Å². The molecule has 2 atom stereocenters. The first-order valence-electron chi connectivity index (χ1n) is 5.75. The lowest BCUT2D eigenvalue weighted by atomic mass is 10.1. The van der Waals surface area contributed by atoms with Crippen LogP contribution in [0.4, 0.5) is 0 Å². The largest absolute Gasteiger partial charge is 0.360 e. The summed E-state index contributed by atoms with van der Waals surface area (Å²) < 4.78 is 5.19. The normalized spacial score (nSPS) is 27.2. The van der Waals surface area contributed by atoms with Gasteiger partial charge in [-0.15, -0.1) is 0 Å². The molecule has 2 N–H and O–H groups in total. The minimum Gasteiger partial charge on any atom is -0.360 e. The number of carbonyl (C=O) groups excluding carboxylic acids is 1. The Morgan fingerprint density at radius 3 is 3.00 bits per heavy atom. The molecule has 5 heteroatoms. The van der Waals surface area contributed by atoms with Gasteiger partial charge >= 0.3 is 0 Å². The summed E-state index contributed by atoms with van der Waals surface area (Å²) >= 11 is 0. The molecule has 5 nitrogen and oxygen atoms in total. The van der Waals surface area contributed by atoms with E-state index in [1.165, 1.54) is 0 Å². The van der Waals surface area contributed by atoms with Gasteiger partial charge in [-0.05, 0) is 18.8 Å². The maximum atomic E-state index is 11.9. The van der Waals surface area contributed by atoms with Gasteiger partial charge < -0.3 is 15.4 Å². The van der Waals surface area contributed by atoms with Crippen LogP contribution in [0, 0.1) is 17.2 Å². The average molecular weight is 223 g/mol. The number of nitrogens with zero attached hydrogens (tertiary/aromatic N) is 2. The molecule has 16 heavy (non-hydrogen) atoms. The highest BCUT2D eigenvalue weighted by Crippen LogP contribution is 2.33. The molecule has 0 aromatic carbocycles. The second-order valence-corrected chi connectivity index (χ2v) is 4.53. The SMILES string of the molecule is N#CC1CN(C(=O)CC(N)C2CC2)CCO1. The fraction of sp³-hybridized carbons (Fsp3) is 0.818. The molecule has 1 amide bonds. The second-order valence-electron chi connectivity index (χ2n) is 4.53. The molecule has 1 heterocycles. The predicted octanol–water partition coefficient (Wildman–Crippen LogP) is -0.135. The summed E-state index contributed by atoms with van der Waals surface area (Å²) in [6.07, 6.45) is 2.23. The third-order valence-corrected chi connectivity index (χ3v) is 3.20. The maximum Gasteiger partial charge on any atom is 0.224 e. The maximum absolute atomic E-state index is 11.9. The van der Waals surface area contributed by atoms with Crippen molar-refractivity contribution in [2.75, 3.05) is 19.7 Å². The highest BCUT2D eigenvalue weighted by Gasteiger charge is 2.32. The minimum absolute atomic E-state index is 0.00381. The monoisotopic (exact) mass is 223 g/mol. The van der Waals surface area contributed by atoms with Gasteiger partial charge in [0.2, 0.25) is 5.91 Å². The molecule has 0 aromatic heterocycles. The van der Waals surface area contributed by atoms with Crippen molar-refractivity contribution in [2.24, 2.45) is 11.7 Å². The van der Waals surface area contributed by atoms with Gasteiger partial charge in [0.05, 0.1) is 19.2 Å². The fourth-order valence-corrected chi connectivity index (χ4v) is 1.98. The molecule has 0 radical (unpaired) electrons. The van der Waals surface area contributed by atoms with E-state index in [4.69, 9.17) is 15.7 Å². The van der Waals surface area contributed by atoms with Crippen LogP contribution >= 0.6 is 0 Å². The highest BCUT2D eigenvalue weighted by atomic mass is 16.5. The number of nitrogens with two attached hydrogens (primary N) is 1. The van der Waals surface area contributed by atoms with Crippen LogP contribution in [-0.2, 0) is 9.53 Å². The van der Waals surface area contributed by atoms with Crippen LogP contribution in [0.2, 0.25) is 0 Å². The third-order valence-electron chi connectivity index (χ3n) is 3.20. The van der Waals surface area contributed by atoms with Crippen molar-refractivity contribution < 1.29 is 9.53 Å². The number of hydrogen-bond donors (Lipinski definition) is 1. The minimum atomic E-state index is -0.477. The van der Waals surface area contributed by atoms with Crippen molar-refractivity contribution in [3.63, 3.8) is 0 Å². The van der Waals surface area contributed by atoms with Crippen molar-refractivity contribution in [3.05, 3.63) is 0 Å². The van der Waals surface area contributed by atoms with Crippen molar-refractivity contribution in [1.82, 2.24) is 4.90 Å². The van der Waals surface area contributed by atoms with Gasteiger partial charge in [0, 0.05) is 19.0 Å². The number of nitriles is 1. The number of amides is 1. The molecule has 1 aliphatic heterocycles. The summed E-state index contributed by atoms with van der Waals surface area (Å²) in [6, 6.07) is 2.03. The number of morpholine rings is 1. The number of hydrogen-bond acceptors (Lipinski definition) is 4. The Morgan fingerprint density at radius 2 is 2.38 bits per heavy atom. The summed E-state index contributed by atoms with van der Waals surface area (Å²) in [5.74, 6) is 0.597. The molecule has 1 saturated carbocycles. The summed E-state index contributed by atoms with van der Waals surface area (Å²) in [5.41, 5.74) is 5.91. The van der Waals surface area contributed by atoms with Crippen molar-refractivity contribution in [2.45, 2.75) is 31.4 Å².